The van der Waals surface area contributed by atoms with Crippen LogP contribution in [0.3, 0.4) is 0 Å². The lowest BCUT2D eigenvalue weighted by Gasteiger charge is -2.43. The van der Waals surface area contributed by atoms with Crippen molar-refractivity contribution in [2.24, 2.45) is 0 Å². The van der Waals surface area contributed by atoms with Crippen molar-refractivity contribution in [1.29, 1.82) is 0 Å². The van der Waals surface area contributed by atoms with E-state index in [-0.39, 0.29) is 0 Å². The molecule has 1 aliphatic rings. The third-order valence-corrected chi connectivity index (χ3v) is 2.84. The van der Waals surface area contributed by atoms with E-state index in [1.807, 2.05) is 0 Å². The molecule has 1 rings (SSSR count). The van der Waals surface area contributed by atoms with Gasteiger partial charge >= 0.3 is 0 Å². The first-order chi connectivity index (χ1) is 8.31. The summed E-state index contributed by atoms with van der Waals surface area (Å²) in [5, 5.41) is 38.0. The van der Waals surface area contributed by atoms with Crippen LogP contribution in [0, 0.1) is 0 Å². The Balaban J connectivity index is 3.00. The van der Waals surface area contributed by atoms with Gasteiger partial charge in [0.2, 0.25) is 11.8 Å². The summed E-state index contributed by atoms with van der Waals surface area (Å²) in [6.45, 7) is 1.57. The minimum Gasteiger partial charge on any atom is -0.394 e. The predicted molar refractivity (Wildman–Crippen MR) is 57.0 cm³/mol. The highest BCUT2D eigenvalue weighted by Crippen LogP contribution is 2.24. The highest BCUT2D eigenvalue weighted by molar-refractivity contribution is 5.93. The molecule has 0 bridgehead atoms. The van der Waals surface area contributed by atoms with E-state index in [2.05, 4.69) is 0 Å². The molecule has 104 valence electrons. The summed E-state index contributed by atoms with van der Waals surface area (Å²) < 4.78 is 4.86. The van der Waals surface area contributed by atoms with Crippen molar-refractivity contribution in [2.45, 2.75) is 44.5 Å². The average Bonchev–Trinajstić information content (AvgIpc) is 2.27. The van der Waals surface area contributed by atoms with E-state index in [1.165, 1.54) is 0 Å². The van der Waals surface area contributed by atoms with Crippen LogP contribution in [0.4, 0.5) is 0 Å². The van der Waals surface area contributed by atoms with Gasteiger partial charge in [0.05, 0.1) is 6.61 Å². The van der Waals surface area contributed by atoms with Crippen molar-refractivity contribution in [1.82, 2.24) is 4.90 Å². The number of hydrogen-bond acceptors (Lipinski definition) is 7. The van der Waals surface area contributed by atoms with E-state index in [9.17, 15) is 24.9 Å². The monoisotopic (exact) mass is 263 g/mol. The van der Waals surface area contributed by atoms with E-state index >= 15 is 0 Å². The lowest BCUT2D eigenvalue weighted by atomic mass is 9.95. The molecule has 0 aromatic rings. The van der Waals surface area contributed by atoms with Crippen molar-refractivity contribution >= 4 is 11.8 Å². The Morgan fingerprint density at radius 2 is 1.61 bits per heavy atom. The van der Waals surface area contributed by atoms with Crippen molar-refractivity contribution in [3.05, 3.63) is 0 Å². The quantitative estimate of drug-likeness (QED) is 0.423. The summed E-state index contributed by atoms with van der Waals surface area (Å²) in [5.74, 6) is -1.38. The average molecular weight is 263 g/mol. The molecule has 0 saturated carbocycles. The van der Waals surface area contributed by atoms with E-state index in [1.54, 1.807) is 0 Å². The third-order valence-electron chi connectivity index (χ3n) is 2.84. The van der Waals surface area contributed by atoms with Gasteiger partial charge in [0.25, 0.3) is 0 Å². The normalized spacial score (nSPS) is 36.2. The smallest absolute Gasteiger partial charge is 0.226 e. The second kappa shape index (κ2) is 5.72. The molecule has 8 heteroatoms. The molecule has 1 heterocycles. The summed E-state index contributed by atoms with van der Waals surface area (Å²) in [5.41, 5.74) is 0. The number of aliphatic hydroxyl groups is 4. The first-order valence-corrected chi connectivity index (χ1v) is 5.42. The van der Waals surface area contributed by atoms with E-state index in [4.69, 9.17) is 9.84 Å². The van der Waals surface area contributed by atoms with Crippen LogP contribution in [0.25, 0.3) is 0 Å². The molecule has 5 atom stereocenters. The maximum atomic E-state index is 11.3. The van der Waals surface area contributed by atoms with Gasteiger partial charge < -0.3 is 25.2 Å². The SMILES string of the molecule is CC(=O)N(C(C)=O)[C@H]1C(O)O[C@H](CO)[C@H](O)[C@@H]1O. The Bertz CT molecular complexity index is 320. The van der Waals surface area contributed by atoms with Crippen molar-refractivity contribution in [3.8, 4) is 0 Å². The molecule has 1 saturated heterocycles. The summed E-state index contributed by atoms with van der Waals surface area (Å²) in [4.78, 5) is 23.3. The van der Waals surface area contributed by atoms with Gasteiger partial charge in [-0.15, -0.1) is 0 Å². The summed E-state index contributed by atoms with van der Waals surface area (Å²) >= 11 is 0. The van der Waals surface area contributed by atoms with Gasteiger partial charge in [-0.1, -0.05) is 0 Å². The van der Waals surface area contributed by atoms with Crippen LogP contribution < -0.4 is 0 Å². The molecule has 0 spiro atoms. The first-order valence-electron chi connectivity index (χ1n) is 5.42. The summed E-state index contributed by atoms with van der Waals surface area (Å²) in [6, 6.07) is -1.40. The van der Waals surface area contributed by atoms with Crippen molar-refractivity contribution in [2.75, 3.05) is 6.61 Å². The van der Waals surface area contributed by atoms with Crippen LogP contribution >= 0.6 is 0 Å². The standard InChI is InChI=1S/C10H17NO7/c1-4(13)11(5(2)14)7-9(16)8(15)6(3-12)18-10(7)17/h6-10,12,15-17H,3H2,1-2H3/t6-,7-,8+,9-,10?/m1/s1. The molecule has 1 fully saturated rings. The molecule has 1 aliphatic heterocycles. The highest BCUT2D eigenvalue weighted by atomic mass is 16.6. The predicted octanol–water partition coefficient (Wildman–Crippen LogP) is -2.82. The zero-order valence-corrected chi connectivity index (χ0v) is 10.1. The van der Waals surface area contributed by atoms with E-state index in [0.29, 0.717) is 4.90 Å². The van der Waals surface area contributed by atoms with Gasteiger partial charge in [0.1, 0.15) is 24.4 Å². The number of nitrogens with zero attached hydrogens (tertiary/aromatic N) is 1. The fraction of sp³-hybridized carbons (Fsp3) is 0.800. The minimum absolute atomic E-state index is 0.609. The largest absolute Gasteiger partial charge is 0.394 e. The molecular formula is C10H17NO7. The summed E-state index contributed by atoms with van der Waals surface area (Å²) in [6.07, 6.45) is -5.95. The molecule has 0 aromatic carbocycles. The number of rotatable bonds is 2. The Hall–Kier alpha value is -1.06. The van der Waals surface area contributed by atoms with Gasteiger partial charge in [-0.3, -0.25) is 14.5 Å². The minimum atomic E-state index is -1.67. The molecule has 4 N–H and O–H groups in total. The Morgan fingerprint density at radius 3 is 2.00 bits per heavy atom. The molecule has 18 heavy (non-hydrogen) atoms. The van der Waals surface area contributed by atoms with E-state index < -0.39 is 49.1 Å². The van der Waals surface area contributed by atoms with Gasteiger partial charge in [-0.2, -0.15) is 0 Å². The number of ether oxygens (including phenoxy) is 1. The lowest BCUT2D eigenvalue weighted by molar-refractivity contribution is -0.268. The lowest BCUT2D eigenvalue weighted by Crippen LogP contribution is -2.65. The van der Waals surface area contributed by atoms with Crippen LogP contribution in [0.15, 0.2) is 0 Å². The second-order valence-corrected chi connectivity index (χ2v) is 4.13. The number of hydrogen-bond donors (Lipinski definition) is 4. The van der Waals surface area contributed by atoms with Crippen LogP contribution in [0.1, 0.15) is 13.8 Å². The van der Waals surface area contributed by atoms with Crippen molar-refractivity contribution < 1.29 is 34.8 Å². The molecule has 2 amide bonds. The van der Waals surface area contributed by atoms with Gasteiger partial charge in [0.15, 0.2) is 6.29 Å². The fourth-order valence-electron chi connectivity index (χ4n) is 2.00. The summed E-state index contributed by atoms with van der Waals surface area (Å²) in [7, 11) is 0. The molecule has 8 nitrogen and oxygen atoms in total. The van der Waals surface area contributed by atoms with Crippen LogP contribution in [-0.4, -0.2) is 74.4 Å². The highest BCUT2D eigenvalue weighted by Gasteiger charge is 2.48. The Kier molecular flexibility index (Phi) is 4.77. The maximum Gasteiger partial charge on any atom is 0.226 e. The number of carbonyl (C=O) groups excluding carboxylic acids is 2. The zero-order chi connectivity index (χ0) is 14.0. The molecule has 0 aromatic heterocycles. The number of aliphatic hydroxyl groups excluding tert-OH is 4. The molecule has 0 aliphatic carbocycles. The Morgan fingerprint density at radius 1 is 1.11 bits per heavy atom. The molecule has 0 radical (unpaired) electrons. The number of imide groups is 1. The van der Waals surface area contributed by atoms with Crippen LogP contribution in [-0.2, 0) is 14.3 Å². The number of carbonyl (C=O) groups is 2. The Labute approximate surface area is 103 Å². The van der Waals surface area contributed by atoms with Crippen LogP contribution in [0.5, 0.6) is 0 Å². The zero-order valence-electron chi connectivity index (χ0n) is 10.1. The van der Waals surface area contributed by atoms with Gasteiger partial charge in [-0.05, 0) is 0 Å². The topological polar surface area (TPSA) is 128 Å². The first kappa shape index (κ1) is 15.0. The number of amides is 2. The van der Waals surface area contributed by atoms with Gasteiger partial charge in [0, 0.05) is 13.8 Å². The fourth-order valence-corrected chi connectivity index (χ4v) is 2.00. The van der Waals surface area contributed by atoms with E-state index in [0.717, 1.165) is 13.8 Å². The van der Waals surface area contributed by atoms with Crippen molar-refractivity contribution in [3.63, 3.8) is 0 Å². The second-order valence-electron chi connectivity index (χ2n) is 4.13. The molecule has 1 unspecified atom stereocenters. The maximum absolute atomic E-state index is 11.3. The van der Waals surface area contributed by atoms with Gasteiger partial charge in [-0.25, -0.2) is 0 Å². The third kappa shape index (κ3) is 2.68. The molecular weight excluding hydrogens is 246 g/mol. The van der Waals surface area contributed by atoms with Crippen LogP contribution in [0.2, 0.25) is 0 Å².